The van der Waals surface area contributed by atoms with E-state index >= 15 is 0 Å². The summed E-state index contributed by atoms with van der Waals surface area (Å²) in [7, 11) is 1.89. The molecule has 1 amide bonds. The molecule has 0 N–H and O–H groups in total. The first-order valence-corrected chi connectivity index (χ1v) is 10.0. The largest absolute Gasteiger partial charge is 0.493 e. The Morgan fingerprint density at radius 2 is 1.78 bits per heavy atom. The highest BCUT2D eigenvalue weighted by Crippen LogP contribution is 2.26. The number of hydrogen-bond acceptors (Lipinski definition) is 3. The van der Waals surface area contributed by atoms with Gasteiger partial charge in [-0.1, -0.05) is 24.3 Å². The summed E-state index contributed by atoms with van der Waals surface area (Å²) in [6.07, 6.45) is 5.30. The van der Waals surface area contributed by atoms with E-state index in [2.05, 4.69) is 35.2 Å². The van der Waals surface area contributed by atoms with Gasteiger partial charge in [0.25, 0.3) is 0 Å². The summed E-state index contributed by atoms with van der Waals surface area (Å²) in [4.78, 5) is 16.9. The Hall–Kier alpha value is -2.49. The SMILES string of the molecule is CN(Cc1ccc(N2CCCCC2)cc1)C(=O)Cc1ccc2c(c1)CCO2. The Morgan fingerprint density at radius 1 is 1.04 bits per heavy atom. The lowest BCUT2D eigenvalue weighted by molar-refractivity contribution is -0.129. The van der Waals surface area contributed by atoms with Gasteiger partial charge in [-0.15, -0.1) is 0 Å². The minimum Gasteiger partial charge on any atom is -0.493 e. The third-order valence-electron chi connectivity index (χ3n) is 5.61. The predicted octanol–water partition coefficient (Wildman–Crippen LogP) is 3.81. The Labute approximate surface area is 161 Å². The van der Waals surface area contributed by atoms with Gasteiger partial charge in [-0.05, 0) is 54.2 Å². The highest BCUT2D eigenvalue weighted by Gasteiger charge is 2.16. The first-order valence-electron chi connectivity index (χ1n) is 10.0. The molecule has 4 heteroatoms. The maximum atomic E-state index is 12.6. The van der Waals surface area contributed by atoms with Crippen LogP contribution in [0.2, 0.25) is 0 Å². The second-order valence-electron chi connectivity index (χ2n) is 7.68. The molecule has 2 aromatic carbocycles. The lowest BCUT2D eigenvalue weighted by Gasteiger charge is -2.29. The van der Waals surface area contributed by atoms with Crippen molar-refractivity contribution in [3.63, 3.8) is 0 Å². The number of benzene rings is 2. The van der Waals surface area contributed by atoms with Gasteiger partial charge in [0.2, 0.25) is 5.91 Å². The highest BCUT2D eigenvalue weighted by atomic mass is 16.5. The van der Waals surface area contributed by atoms with Crippen LogP contribution in [0.5, 0.6) is 5.75 Å². The number of piperidine rings is 1. The fourth-order valence-corrected chi connectivity index (χ4v) is 3.99. The maximum Gasteiger partial charge on any atom is 0.227 e. The zero-order chi connectivity index (χ0) is 18.6. The van der Waals surface area contributed by atoms with Crippen LogP contribution in [-0.2, 0) is 24.2 Å². The van der Waals surface area contributed by atoms with Gasteiger partial charge in [0, 0.05) is 38.8 Å². The number of carbonyl (C=O) groups is 1. The first-order chi connectivity index (χ1) is 13.2. The molecular formula is C23H28N2O2. The van der Waals surface area contributed by atoms with Crippen molar-refractivity contribution in [2.45, 2.75) is 38.6 Å². The third-order valence-corrected chi connectivity index (χ3v) is 5.61. The van der Waals surface area contributed by atoms with Crippen molar-refractivity contribution in [3.05, 3.63) is 59.2 Å². The summed E-state index contributed by atoms with van der Waals surface area (Å²) in [5, 5.41) is 0. The second-order valence-corrected chi connectivity index (χ2v) is 7.68. The third kappa shape index (κ3) is 4.26. The van der Waals surface area contributed by atoms with Gasteiger partial charge in [0.05, 0.1) is 13.0 Å². The fourth-order valence-electron chi connectivity index (χ4n) is 3.99. The molecule has 0 aromatic heterocycles. The van der Waals surface area contributed by atoms with E-state index in [1.807, 2.05) is 24.1 Å². The number of amides is 1. The molecule has 2 heterocycles. The van der Waals surface area contributed by atoms with Crippen molar-refractivity contribution in [3.8, 4) is 5.75 Å². The number of likely N-dealkylation sites (N-methyl/N-ethyl adjacent to an activating group) is 1. The van der Waals surface area contributed by atoms with Gasteiger partial charge in [0.15, 0.2) is 0 Å². The van der Waals surface area contributed by atoms with Crippen LogP contribution in [0.1, 0.15) is 36.0 Å². The molecule has 0 bridgehead atoms. The van der Waals surface area contributed by atoms with E-state index in [4.69, 9.17) is 4.74 Å². The number of hydrogen-bond donors (Lipinski definition) is 0. The molecule has 142 valence electrons. The molecular weight excluding hydrogens is 336 g/mol. The van der Waals surface area contributed by atoms with Crippen LogP contribution in [0, 0.1) is 0 Å². The monoisotopic (exact) mass is 364 g/mol. The van der Waals surface area contributed by atoms with E-state index in [1.54, 1.807) is 0 Å². The Morgan fingerprint density at radius 3 is 2.56 bits per heavy atom. The van der Waals surface area contributed by atoms with E-state index in [0.717, 1.165) is 37.4 Å². The molecule has 4 rings (SSSR count). The van der Waals surface area contributed by atoms with E-state index in [-0.39, 0.29) is 5.91 Å². The van der Waals surface area contributed by atoms with E-state index in [0.29, 0.717) is 13.0 Å². The minimum atomic E-state index is 0.147. The maximum absolute atomic E-state index is 12.6. The Bertz CT molecular complexity index is 795. The van der Waals surface area contributed by atoms with Crippen molar-refractivity contribution >= 4 is 11.6 Å². The molecule has 0 aliphatic carbocycles. The summed E-state index contributed by atoms with van der Waals surface area (Å²) < 4.78 is 5.54. The summed E-state index contributed by atoms with van der Waals surface area (Å²) in [6, 6.07) is 14.8. The van der Waals surface area contributed by atoms with E-state index in [1.165, 1.54) is 36.1 Å². The zero-order valence-electron chi connectivity index (χ0n) is 16.1. The standard InChI is InChI=1S/C23H28N2O2/c1-24(23(26)16-19-7-10-22-20(15-19)11-14-27-22)17-18-5-8-21(9-6-18)25-12-3-2-4-13-25/h5-10,15H,2-4,11-14,16-17H2,1H3. The predicted molar refractivity (Wildman–Crippen MR) is 108 cm³/mol. The van der Waals surface area contributed by atoms with Gasteiger partial charge >= 0.3 is 0 Å². The van der Waals surface area contributed by atoms with Crippen LogP contribution in [0.4, 0.5) is 5.69 Å². The van der Waals surface area contributed by atoms with Crippen LogP contribution in [0.15, 0.2) is 42.5 Å². The highest BCUT2D eigenvalue weighted by molar-refractivity contribution is 5.78. The Kier molecular flexibility index (Phi) is 5.33. The van der Waals surface area contributed by atoms with E-state index in [9.17, 15) is 4.79 Å². The molecule has 2 aliphatic heterocycles. The smallest absolute Gasteiger partial charge is 0.227 e. The van der Waals surface area contributed by atoms with Crippen molar-refractivity contribution in [2.24, 2.45) is 0 Å². The van der Waals surface area contributed by atoms with Crippen LogP contribution in [-0.4, -0.2) is 37.6 Å². The fraction of sp³-hybridized carbons (Fsp3) is 0.435. The number of nitrogens with zero attached hydrogens (tertiary/aromatic N) is 2. The first kappa shape index (κ1) is 17.9. The summed E-state index contributed by atoms with van der Waals surface area (Å²) >= 11 is 0. The zero-order valence-corrected chi connectivity index (χ0v) is 16.1. The molecule has 1 fully saturated rings. The number of anilines is 1. The molecule has 0 unspecified atom stereocenters. The normalized spacial score (nSPS) is 16.0. The number of fused-ring (bicyclic) bond motifs is 1. The van der Waals surface area contributed by atoms with Crippen LogP contribution < -0.4 is 9.64 Å². The number of carbonyl (C=O) groups excluding carboxylic acids is 1. The van der Waals surface area contributed by atoms with Gasteiger partial charge in [0.1, 0.15) is 5.75 Å². The Balaban J connectivity index is 1.34. The van der Waals surface area contributed by atoms with E-state index < -0.39 is 0 Å². The lowest BCUT2D eigenvalue weighted by atomic mass is 10.1. The van der Waals surface area contributed by atoms with Crippen molar-refractivity contribution in [1.82, 2.24) is 4.90 Å². The average Bonchev–Trinajstić information content (AvgIpc) is 3.17. The molecule has 2 aromatic rings. The summed E-state index contributed by atoms with van der Waals surface area (Å²) in [5.41, 5.74) is 4.76. The van der Waals surface area contributed by atoms with Gasteiger partial charge < -0.3 is 14.5 Å². The summed E-state index contributed by atoms with van der Waals surface area (Å²) in [6.45, 7) is 3.71. The van der Waals surface area contributed by atoms with Crippen molar-refractivity contribution in [2.75, 3.05) is 31.6 Å². The average molecular weight is 364 g/mol. The molecule has 2 aliphatic rings. The topological polar surface area (TPSA) is 32.8 Å². The van der Waals surface area contributed by atoms with Gasteiger partial charge in [-0.25, -0.2) is 0 Å². The number of ether oxygens (including phenoxy) is 1. The second kappa shape index (κ2) is 8.03. The molecule has 27 heavy (non-hydrogen) atoms. The van der Waals surface area contributed by atoms with Crippen molar-refractivity contribution < 1.29 is 9.53 Å². The molecule has 1 saturated heterocycles. The molecule has 4 nitrogen and oxygen atoms in total. The number of rotatable bonds is 5. The van der Waals surface area contributed by atoms with Crippen molar-refractivity contribution in [1.29, 1.82) is 0 Å². The minimum absolute atomic E-state index is 0.147. The molecule has 0 spiro atoms. The quantitative estimate of drug-likeness (QED) is 0.809. The van der Waals surface area contributed by atoms with Gasteiger partial charge in [-0.2, -0.15) is 0 Å². The lowest BCUT2D eigenvalue weighted by Crippen LogP contribution is -2.29. The van der Waals surface area contributed by atoms with Crippen LogP contribution in [0.25, 0.3) is 0 Å². The molecule has 0 radical (unpaired) electrons. The van der Waals surface area contributed by atoms with Gasteiger partial charge in [-0.3, -0.25) is 4.79 Å². The summed E-state index contributed by atoms with van der Waals surface area (Å²) in [5.74, 6) is 1.11. The molecule has 0 atom stereocenters. The molecule has 0 saturated carbocycles. The van der Waals surface area contributed by atoms with Crippen LogP contribution in [0.3, 0.4) is 0 Å². The van der Waals surface area contributed by atoms with Crippen LogP contribution >= 0.6 is 0 Å².